The zero-order valence-corrected chi connectivity index (χ0v) is 23.0. The van der Waals surface area contributed by atoms with Crippen LogP contribution in [0.25, 0.3) is 6.08 Å². The Morgan fingerprint density at radius 3 is 1.82 bits per heavy atom. The zero-order valence-electron chi connectivity index (χ0n) is 21.5. The molecule has 0 spiro atoms. The number of urea groups is 1. The lowest BCUT2D eigenvalue weighted by Gasteiger charge is -2.34. The lowest BCUT2D eigenvalue weighted by atomic mass is 10.00. The molecule has 4 aromatic carbocycles. The van der Waals surface area contributed by atoms with Crippen molar-refractivity contribution in [3.05, 3.63) is 129 Å². The van der Waals surface area contributed by atoms with E-state index in [1.807, 2.05) is 31.2 Å². The third kappa shape index (κ3) is 5.37. The third-order valence-corrected chi connectivity index (χ3v) is 7.10. The first kappa shape index (κ1) is 27.2. The van der Waals surface area contributed by atoms with Crippen molar-refractivity contribution in [3.8, 4) is 5.75 Å². The fourth-order valence-corrected chi connectivity index (χ4v) is 5.00. The Morgan fingerprint density at radius 1 is 0.725 bits per heavy atom. The van der Waals surface area contributed by atoms with Crippen LogP contribution in [0.3, 0.4) is 0 Å². The largest absolute Gasteiger partial charge is 0.494 e. The Kier molecular flexibility index (Phi) is 8.01. The minimum absolute atomic E-state index is 0.190. The molecule has 1 aliphatic rings. The number of nitrogens with zero attached hydrogens (tertiary/aromatic N) is 2. The minimum Gasteiger partial charge on any atom is -0.494 e. The first-order chi connectivity index (χ1) is 19.4. The summed E-state index contributed by atoms with van der Waals surface area (Å²) in [6.45, 7) is 2.23. The van der Waals surface area contributed by atoms with Crippen LogP contribution < -0.4 is 14.5 Å². The SMILES string of the molecule is CCOc1cc(C=C2C(=O)N(c3ccccc3)C(=O)N(c3ccccc3)C2=O)cc(Cl)c1Cc1ccccc1Cl. The van der Waals surface area contributed by atoms with E-state index in [4.69, 9.17) is 27.9 Å². The molecule has 0 atom stereocenters. The van der Waals surface area contributed by atoms with Crippen LogP contribution in [0.1, 0.15) is 23.6 Å². The molecule has 0 N–H and O–H groups in total. The van der Waals surface area contributed by atoms with Crippen molar-refractivity contribution in [2.24, 2.45) is 0 Å². The number of imide groups is 2. The molecule has 5 rings (SSSR count). The average molecular weight is 571 g/mol. The van der Waals surface area contributed by atoms with E-state index >= 15 is 0 Å². The quantitative estimate of drug-likeness (QED) is 0.170. The molecular formula is C32H24Cl2N2O4. The second-order valence-electron chi connectivity index (χ2n) is 8.97. The van der Waals surface area contributed by atoms with Crippen LogP contribution >= 0.6 is 23.2 Å². The highest BCUT2D eigenvalue weighted by Crippen LogP contribution is 2.35. The molecular weight excluding hydrogens is 547 g/mol. The summed E-state index contributed by atoms with van der Waals surface area (Å²) in [5, 5.41) is 1.00. The molecule has 1 saturated heterocycles. The van der Waals surface area contributed by atoms with Crippen LogP contribution in [0.5, 0.6) is 5.75 Å². The molecule has 0 bridgehead atoms. The molecule has 0 aliphatic carbocycles. The summed E-state index contributed by atoms with van der Waals surface area (Å²) in [5.41, 5.74) is 2.59. The number of amides is 4. The number of barbiturate groups is 1. The van der Waals surface area contributed by atoms with Crippen molar-refractivity contribution in [2.75, 3.05) is 16.4 Å². The van der Waals surface area contributed by atoms with Gasteiger partial charge in [0.05, 0.1) is 18.0 Å². The summed E-state index contributed by atoms with van der Waals surface area (Å²) in [7, 11) is 0. The Balaban J connectivity index is 1.61. The number of hydrogen-bond acceptors (Lipinski definition) is 4. The maximum absolute atomic E-state index is 13.7. The highest BCUT2D eigenvalue weighted by atomic mass is 35.5. The molecule has 1 heterocycles. The fourth-order valence-electron chi connectivity index (χ4n) is 4.51. The predicted molar refractivity (Wildman–Crippen MR) is 158 cm³/mol. The predicted octanol–water partition coefficient (Wildman–Crippen LogP) is 7.57. The van der Waals surface area contributed by atoms with Gasteiger partial charge in [-0.15, -0.1) is 0 Å². The van der Waals surface area contributed by atoms with Gasteiger partial charge in [0.15, 0.2) is 0 Å². The van der Waals surface area contributed by atoms with Gasteiger partial charge in [-0.25, -0.2) is 14.6 Å². The van der Waals surface area contributed by atoms with Crippen molar-refractivity contribution in [1.29, 1.82) is 0 Å². The maximum Gasteiger partial charge on any atom is 0.343 e. The number of anilines is 2. The minimum atomic E-state index is -0.757. The number of hydrogen-bond donors (Lipinski definition) is 0. The molecule has 0 radical (unpaired) electrons. The van der Waals surface area contributed by atoms with Gasteiger partial charge in [-0.05, 0) is 66.6 Å². The highest BCUT2D eigenvalue weighted by molar-refractivity contribution is 6.46. The molecule has 1 fully saturated rings. The van der Waals surface area contributed by atoms with Gasteiger partial charge < -0.3 is 4.74 Å². The van der Waals surface area contributed by atoms with Crippen molar-refractivity contribution in [2.45, 2.75) is 13.3 Å². The summed E-state index contributed by atoms with van der Waals surface area (Å²) >= 11 is 13.1. The first-order valence-corrected chi connectivity index (χ1v) is 13.4. The number of halogens is 2. The summed E-state index contributed by atoms with van der Waals surface area (Å²) in [6.07, 6.45) is 1.87. The van der Waals surface area contributed by atoms with E-state index in [-0.39, 0.29) is 5.57 Å². The molecule has 0 unspecified atom stereocenters. The van der Waals surface area contributed by atoms with E-state index in [9.17, 15) is 14.4 Å². The van der Waals surface area contributed by atoms with Gasteiger partial charge in [-0.3, -0.25) is 9.59 Å². The van der Waals surface area contributed by atoms with Crippen LogP contribution in [0, 0.1) is 0 Å². The molecule has 4 amide bonds. The molecule has 4 aromatic rings. The monoisotopic (exact) mass is 570 g/mol. The standard InChI is InChI=1S/C32H24Cl2N2O4/c1-2-40-29-19-21(18-28(34)25(29)20-22-11-9-10-16-27(22)33)17-26-30(37)35(23-12-5-3-6-13-23)32(39)36(31(26)38)24-14-7-4-8-15-24/h3-19H,2,20H2,1H3. The van der Waals surface area contributed by atoms with Crippen molar-refractivity contribution in [1.82, 2.24) is 0 Å². The highest BCUT2D eigenvalue weighted by Gasteiger charge is 2.43. The second-order valence-corrected chi connectivity index (χ2v) is 9.79. The summed E-state index contributed by atoms with van der Waals surface area (Å²) in [6, 6.07) is 27.1. The number of carbonyl (C=O) groups is 3. The van der Waals surface area contributed by atoms with Gasteiger partial charge in [-0.2, -0.15) is 0 Å². The number of rotatable bonds is 7. The third-order valence-electron chi connectivity index (χ3n) is 6.39. The molecule has 8 heteroatoms. The van der Waals surface area contributed by atoms with Gasteiger partial charge in [-0.1, -0.05) is 77.8 Å². The van der Waals surface area contributed by atoms with Crippen LogP contribution in [-0.4, -0.2) is 24.5 Å². The van der Waals surface area contributed by atoms with Crippen molar-refractivity contribution in [3.63, 3.8) is 0 Å². The van der Waals surface area contributed by atoms with E-state index in [0.717, 1.165) is 20.9 Å². The van der Waals surface area contributed by atoms with E-state index in [1.54, 1.807) is 72.8 Å². The molecule has 40 heavy (non-hydrogen) atoms. The van der Waals surface area contributed by atoms with E-state index in [0.29, 0.717) is 45.8 Å². The summed E-state index contributed by atoms with van der Waals surface area (Å²) < 4.78 is 5.91. The molecule has 200 valence electrons. The molecule has 1 aliphatic heterocycles. The number of para-hydroxylation sites is 2. The van der Waals surface area contributed by atoms with Crippen LogP contribution in [0.15, 0.2) is 103 Å². The smallest absolute Gasteiger partial charge is 0.343 e. The Hall–Kier alpha value is -4.39. The topological polar surface area (TPSA) is 66.9 Å². The van der Waals surface area contributed by atoms with E-state index in [2.05, 4.69) is 0 Å². The normalized spacial score (nSPS) is 13.6. The van der Waals surface area contributed by atoms with Gasteiger partial charge >= 0.3 is 6.03 Å². The van der Waals surface area contributed by atoms with E-state index < -0.39 is 17.8 Å². The number of ether oxygens (including phenoxy) is 1. The Labute approximate surface area is 242 Å². The lowest BCUT2D eigenvalue weighted by molar-refractivity contribution is -0.121. The summed E-state index contributed by atoms with van der Waals surface area (Å²) in [5.74, 6) is -0.960. The van der Waals surface area contributed by atoms with Crippen LogP contribution in [0.2, 0.25) is 10.0 Å². The lowest BCUT2D eigenvalue weighted by Crippen LogP contribution is -2.57. The van der Waals surface area contributed by atoms with Crippen LogP contribution in [-0.2, 0) is 16.0 Å². The number of carbonyl (C=O) groups excluding carboxylic acids is 3. The Morgan fingerprint density at radius 2 is 1.27 bits per heavy atom. The van der Waals surface area contributed by atoms with E-state index in [1.165, 1.54) is 6.08 Å². The Bertz CT molecular complexity index is 1560. The van der Waals surface area contributed by atoms with Gasteiger partial charge in [0, 0.05) is 22.0 Å². The van der Waals surface area contributed by atoms with Crippen molar-refractivity contribution < 1.29 is 19.1 Å². The van der Waals surface area contributed by atoms with Crippen molar-refractivity contribution >= 4 is 58.5 Å². The molecule has 0 saturated carbocycles. The molecule has 6 nitrogen and oxygen atoms in total. The first-order valence-electron chi connectivity index (χ1n) is 12.6. The molecule has 0 aromatic heterocycles. The number of benzene rings is 4. The zero-order chi connectivity index (χ0) is 28.2. The maximum atomic E-state index is 13.7. The van der Waals surface area contributed by atoms with Gasteiger partial charge in [0.1, 0.15) is 11.3 Å². The fraction of sp³-hybridized carbons (Fsp3) is 0.0938. The second kappa shape index (κ2) is 11.8. The van der Waals surface area contributed by atoms with Gasteiger partial charge in [0.2, 0.25) is 0 Å². The summed E-state index contributed by atoms with van der Waals surface area (Å²) in [4.78, 5) is 42.9. The average Bonchev–Trinajstić information content (AvgIpc) is 2.95. The van der Waals surface area contributed by atoms with Gasteiger partial charge in [0.25, 0.3) is 11.8 Å². The van der Waals surface area contributed by atoms with Crippen LogP contribution in [0.4, 0.5) is 16.2 Å².